The zero-order chi connectivity index (χ0) is 14.8. The first-order valence-electron chi connectivity index (χ1n) is 7.45. The van der Waals surface area contributed by atoms with Crippen LogP contribution in [0.25, 0.3) is 0 Å². The van der Waals surface area contributed by atoms with Gasteiger partial charge in [-0.3, -0.25) is 9.69 Å². The molecule has 1 atom stereocenters. The van der Waals surface area contributed by atoms with Gasteiger partial charge in [0.05, 0.1) is 14.2 Å². The van der Waals surface area contributed by atoms with Gasteiger partial charge in [0.1, 0.15) is 0 Å². The summed E-state index contributed by atoms with van der Waals surface area (Å²) in [6.07, 6.45) is 2.63. The van der Waals surface area contributed by atoms with Gasteiger partial charge in [-0.05, 0) is 36.1 Å². The second kappa shape index (κ2) is 5.93. The summed E-state index contributed by atoms with van der Waals surface area (Å²) in [7, 11) is 3.33. The molecule has 0 aromatic heterocycles. The molecule has 1 fully saturated rings. The quantitative estimate of drug-likeness (QED) is 0.909. The summed E-state index contributed by atoms with van der Waals surface area (Å²) < 4.78 is 10.7. The van der Waals surface area contributed by atoms with Gasteiger partial charge in [-0.25, -0.2) is 0 Å². The number of nitrogens with zero attached hydrogens (tertiary/aromatic N) is 1. The highest BCUT2D eigenvalue weighted by Gasteiger charge is 2.25. The molecule has 2 aliphatic heterocycles. The lowest BCUT2D eigenvalue weighted by Gasteiger charge is -2.31. The molecule has 0 unspecified atom stereocenters. The Hall–Kier alpha value is -1.75. The van der Waals surface area contributed by atoms with Crippen molar-refractivity contribution in [1.29, 1.82) is 0 Å². The summed E-state index contributed by atoms with van der Waals surface area (Å²) >= 11 is 0. The van der Waals surface area contributed by atoms with Crippen LogP contribution in [0.2, 0.25) is 0 Å². The third-order valence-electron chi connectivity index (χ3n) is 4.36. The Morgan fingerprint density at radius 1 is 1.19 bits per heavy atom. The van der Waals surface area contributed by atoms with E-state index in [-0.39, 0.29) is 5.91 Å². The Labute approximate surface area is 125 Å². The number of hydrogen-bond donors (Lipinski definition) is 1. The number of hydrogen-bond acceptors (Lipinski definition) is 4. The van der Waals surface area contributed by atoms with Crippen molar-refractivity contribution in [3.63, 3.8) is 0 Å². The van der Waals surface area contributed by atoms with Crippen LogP contribution in [0.1, 0.15) is 24.0 Å². The summed E-state index contributed by atoms with van der Waals surface area (Å²) in [5.74, 6) is 1.77. The van der Waals surface area contributed by atoms with Crippen LogP contribution >= 0.6 is 0 Å². The normalized spacial score (nSPS) is 21.8. The molecule has 0 radical (unpaired) electrons. The topological polar surface area (TPSA) is 50.8 Å². The Kier molecular flexibility index (Phi) is 4.01. The maximum absolute atomic E-state index is 11.3. The summed E-state index contributed by atoms with van der Waals surface area (Å²) in [6, 6.07) is 4.47. The van der Waals surface area contributed by atoms with Crippen LogP contribution in [0.5, 0.6) is 11.5 Å². The van der Waals surface area contributed by atoms with Crippen LogP contribution in [-0.2, 0) is 17.8 Å². The zero-order valence-corrected chi connectivity index (χ0v) is 12.6. The van der Waals surface area contributed by atoms with Gasteiger partial charge in [-0.1, -0.05) is 0 Å². The van der Waals surface area contributed by atoms with Crippen LogP contribution in [0.15, 0.2) is 12.1 Å². The fourth-order valence-electron chi connectivity index (χ4n) is 3.22. The third kappa shape index (κ3) is 2.97. The van der Waals surface area contributed by atoms with E-state index in [1.54, 1.807) is 14.2 Å². The number of benzene rings is 1. The number of amides is 1. The molecule has 21 heavy (non-hydrogen) atoms. The van der Waals surface area contributed by atoms with E-state index in [1.807, 2.05) is 0 Å². The van der Waals surface area contributed by atoms with Crippen molar-refractivity contribution in [3.05, 3.63) is 23.3 Å². The van der Waals surface area contributed by atoms with Gasteiger partial charge >= 0.3 is 0 Å². The predicted molar refractivity (Wildman–Crippen MR) is 79.7 cm³/mol. The summed E-state index contributed by atoms with van der Waals surface area (Å²) in [4.78, 5) is 13.7. The molecule has 1 N–H and O–H groups in total. The van der Waals surface area contributed by atoms with Crippen LogP contribution in [0.4, 0.5) is 0 Å². The second-order valence-corrected chi connectivity index (χ2v) is 5.76. The summed E-state index contributed by atoms with van der Waals surface area (Å²) in [5.41, 5.74) is 2.63. The van der Waals surface area contributed by atoms with E-state index in [1.165, 1.54) is 11.1 Å². The van der Waals surface area contributed by atoms with Crippen LogP contribution < -0.4 is 14.8 Å². The number of nitrogens with one attached hydrogen (secondary N) is 1. The smallest absolute Gasteiger partial charge is 0.220 e. The summed E-state index contributed by atoms with van der Waals surface area (Å²) in [6.45, 7) is 2.86. The maximum Gasteiger partial charge on any atom is 0.220 e. The molecule has 5 nitrogen and oxygen atoms in total. The standard InChI is InChI=1S/C16H22N2O3/c1-20-14-7-11-5-6-18(9-12(11)8-15(14)21-2)10-13-3-4-16(19)17-13/h7-8,13H,3-6,9-10H2,1-2H3,(H,17,19)/t13-/m1/s1. The van der Waals surface area contributed by atoms with Crippen LogP contribution in [0.3, 0.4) is 0 Å². The van der Waals surface area contributed by atoms with Gasteiger partial charge in [0, 0.05) is 32.1 Å². The highest BCUT2D eigenvalue weighted by Crippen LogP contribution is 2.33. The number of rotatable bonds is 4. The SMILES string of the molecule is COc1cc2c(cc1OC)CN(C[C@H]1CCC(=O)N1)CC2. The molecule has 3 rings (SSSR count). The fourth-order valence-corrected chi connectivity index (χ4v) is 3.22. The molecule has 1 saturated heterocycles. The molecule has 0 aliphatic carbocycles. The lowest BCUT2D eigenvalue weighted by atomic mass is 9.98. The summed E-state index contributed by atoms with van der Waals surface area (Å²) in [5, 5.41) is 3.04. The monoisotopic (exact) mass is 290 g/mol. The van der Waals surface area contributed by atoms with Gasteiger partial charge in [0.25, 0.3) is 0 Å². The molecule has 1 aromatic rings. The van der Waals surface area contributed by atoms with Crippen molar-refractivity contribution in [2.24, 2.45) is 0 Å². The number of methoxy groups -OCH3 is 2. The van der Waals surface area contributed by atoms with Crippen molar-refractivity contribution in [3.8, 4) is 11.5 Å². The van der Waals surface area contributed by atoms with Crippen molar-refractivity contribution < 1.29 is 14.3 Å². The average Bonchev–Trinajstić information content (AvgIpc) is 2.90. The van der Waals surface area contributed by atoms with E-state index in [4.69, 9.17) is 9.47 Å². The van der Waals surface area contributed by atoms with E-state index >= 15 is 0 Å². The van der Waals surface area contributed by atoms with Crippen molar-refractivity contribution >= 4 is 5.91 Å². The second-order valence-electron chi connectivity index (χ2n) is 5.76. The van der Waals surface area contributed by atoms with Crippen LogP contribution in [-0.4, -0.2) is 44.2 Å². The Morgan fingerprint density at radius 2 is 1.90 bits per heavy atom. The van der Waals surface area contributed by atoms with E-state index in [2.05, 4.69) is 22.3 Å². The molecule has 0 bridgehead atoms. The van der Waals surface area contributed by atoms with Gasteiger partial charge in [-0.15, -0.1) is 0 Å². The van der Waals surface area contributed by atoms with E-state index < -0.39 is 0 Å². The molecule has 5 heteroatoms. The zero-order valence-electron chi connectivity index (χ0n) is 12.6. The highest BCUT2D eigenvalue weighted by atomic mass is 16.5. The lowest BCUT2D eigenvalue weighted by Crippen LogP contribution is -2.41. The first-order valence-corrected chi connectivity index (χ1v) is 7.45. The van der Waals surface area contributed by atoms with Gasteiger partial charge in [0.2, 0.25) is 5.91 Å². The largest absolute Gasteiger partial charge is 0.493 e. The van der Waals surface area contributed by atoms with Crippen molar-refractivity contribution in [2.75, 3.05) is 27.3 Å². The molecule has 2 aliphatic rings. The lowest BCUT2D eigenvalue weighted by molar-refractivity contribution is -0.119. The first-order chi connectivity index (χ1) is 10.2. The molecule has 114 valence electrons. The maximum atomic E-state index is 11.3. The minimum absolute atomic E-state index is 0.184. The van der Waals surface area contributed by atoms with Crippen molar-refractivity contribution in [2.45, 2.75) is 31.8 Å². The Balaban J connectivity index is 1.71. The molecule has 0 spiro atoms. The Morgan fingerprint density at radius 3 is 2.52 bits per heavy atom. The predicted octanol–water partition coefficient (Wildman–Crippen LogP) is 1.34. The number of carbonyl (C=O) groups is 1. The van der Waals surface area contributed by atoms with Gasteiger partial charge in [0.15, 0.2) is 11.5 Å². The minimum Gasteiger partial charge on any atom is -0.493 e. The van der Waals surface area contributed by atoms with E-state index in [0.29, 0.717) is 12.5 Å². The average molecular weight is 290 g/mol. The van der Waals surface area contributed by atoms with Crippen molar-refractivity contribution in [1.82, 2.24) is 10.2 Å². The molecular weight excluding hydrogens is 268 g/mol. The fraction of sp³-hybridized carbons (Fsp3) is 0.562. The number of carbonyl (C=O) groups excluding carboxylic acids is 1. The number of ether oxygens (including phenoxy) is 2. The molecular formula is C16H22N2O3. The van der Waals surface area contributed by atoms with Crippen LogP contribution in [0, 0.1) is 0 Å². The third-order valence-corrected chi connectivity index (χ3v) is 4.36. The molecule has 1 aromatic carbocycles. The molecule has 1 amide bonds. The molecule has 0 saturated carbocycles. The first kappa shape index (κ1) is 14.2. The van der Waals surface area contributed by atoms with Gasteiger partial charge < -0.3 is 14.8 Å². The van der Waals surface area contributed by atoms with Gasteiger partial charge in [-0.2, -0.15) is 0 Å². The highest BCUT2D eigenvalue weighted by molar-refractivity contribution is 5.78. The minimum atomic E-state index is 0.184. The number of fused-ring (bicyclic) bond motifs is 1. The van der Waals surface area contributed by atoms with E-state index in [9.17, 15) is 4.79 Å². The Bertz CT molecular complexity index is 545. The molecule has 2 heterocycles. The van der Waals surface area contributed by atoms with E-state index in [0.717, 1.165) is 44.0 Å².